The second-order valence-corrected chi connectivity index (χ2v) is 9.39. The molecule has 1 aromatic carbocycles. The molecule has 6 heteroatoms. The van der Waals surface area contributed by atoms with Gasteiger partial charge in [0.1, 0.15) is 5.76 Å². The molecule has 4 unspecified atom stereocenters. The van der Waals surface area contributed by atoms with Gasteiger partial charge in [0, 0.05) is 41.7 Å². The Hall–Kier alpha value is -3.02. The topological polar surface area (TPSA) is 86.5 Å². The van der Waals surface area contributed by atoms with E-state index in [4.69, 9.17) is 4.42 Å². The van der Waals surface area contributed by atoms with Gasteiger partial charge >= 0.3 is 5.97 Å². The largest absolute Gasteiger partial charge is 0.481 e. The second-order valence-electron chi connectivity index (χ2n) is 9.39. The molecule has 32 heavy (non-hydrogen) atoms. The molecule has 3 aromatic rings. The van der Waals surface area contributed by atoms with Crippen LogP contribution in [0.1, 0.15) is 56.9 Å². The number of nitrogens with zero attached hydrogens (tertiary/aromatic N) is 1. The van der Waals surface area contributed by atoms with Crippen molar-refractivity contribution in [2.45, 2.75) is 57.4 Å². The molecule has 1 saturated carbocycles. The van der Waals surface area contributed by atoms with Crippen molar-refractivity contribution < 1.29 is 19.1 Å². The molecule has 3 heterocycles. The molecule has 2 aromatic heterocycles. The predicted molar refractivity (Wildman–Crippen MR) is 122 cm³/mol. The number of benzene rings is 1. The van der Waals surface area contributed by atoms with E-state index in [-0.39, 0.29) is 29.7 Å². The van der Waals surface area contributed by atoms with Crippen molar-refractivity contribution in [2.75, 3.05) is 6.54 Å². The molecular formula is C26H30N2O4. The van der Waals surface area contributed by atoms with Crippen LogP contribution in [0.15, 0.2) is 47.2 Å². The molecule has 2 fully saturated rings. The van der Waals surface area contributed by atoms with Gasteiger partial charge in [0.2, 0.25) is 5.91 Å². The van der Waals surface area contributed by atoms with Gasteiger partial charge in [-0.25, -0.2) is 0 Å². The number of amides is 1. The number of carbonyl (C=O) groups is 2. The van der Waals surface area contributed by atoms with Gasteiger partial charge in [-0.05, 0) is 61.3 Å². The molecule has 5 rings (SSSR count). The Kier molecular flexibility index (Phi) is 5.53. The average molecular weight is 435 g/mol. The molecule has 1 aliphatic heterocycles. The van der Waals surface area contributed by atoms with E-state index in [9.17, 15) is 14.7 Å². The lowest BCUT2D eigenvalue weighted by molar-refractivity contribution is -0.152. The number of aliphatic carboxylic acids is 1. The SMILES string of the molecule is CC(CC(=O)N1CCCC2C(C(=O)O)CCCC21)c1c[nH]c2cccc(-c3ccco3)c12. The number of rotatable bonds is 5. The van der Waals surface area contributed by atoms with E-state index in [1.54, 1.807) is 6.26 Å². The fourth-order valence-corrected chi connectivity index (χ4v) is 6.03. The van der Waals surface area contributed by atoms with Gasteiger partial charge in [0.15, 0.2) is 0 Å². The fourth-order valence-electron chi connectivity index (χ4n) is 6.03. The third-order valence-electron chi connectivity index (χ3n) is 7.54. The summed E-state index contributed by atoms with van der Waals surface area (Å²) in [6.07, 6.45) is 8.44. The Balaban J connectivity index is 1.38. The minimum Gasteiger partial charge on any atom is -0.481 e. The van der Waals surface area contributed by atoms with Crippen molar-refractivity contribution >= 4 is 22.8 Å². The third kappa shape index (κ3) is 3.61. The van der Waals surface area contributed by atoms with Crippen LogP contribution < -0.4 is 0 Å². The number of piperidine rings is 1. The maximum Gasteiger partial charge on any atom is 0.306 e. The molecule has 2 aliphatic rings. The number of hydrogen-bond acceptors (Lipinski definition) is 3. The quantitative estimate of drug-likeness (QED) is 0.562. The number of carbonyl (C=O) groups excluding carboxylic acids is 1. The summed E-state index contributed by atoms with van der Waals surface area (Å²) < 4.78 is 5.66. The van der Waals surface area contributed by atoms with Gasteiger partial charge in [0.05, 0.1) is 12.2 Å². The Bertz CT molecular complexity index is 1120. The van der Waals surface area contributed by atoms with Gasteiger partial charge < -0.3 is 19.4 Å². The first-order valence-electron chi connectivity index (χ1n) is 11.7. The lowest BCUT2D eigenvalue weighted by Gasteiger charge is -2.46. The van der Waals surface area contributed by atoms with Gasteiger partial charge in [-0.2, -0.15) is 0 Å². The van der Waals surface area contributed by atoms with Crippen molar-refractivity contribution in [3.8, 4) is 11.3 Å². The summed E-state index contributed by atoms with van der Waals surface area (Å²) in [5, 5.41) is 10.8. The Labute approximate surface area is 187 Å². The molecule has 4 atom stereocenters. The Morgan fingerprint density at radius 3 is 2.84 bits per heavy atom. The van der Waals surface area contributed by atoms with Gasteiger partial charge in [0.25, 0.3) is 0 Å². The van der Waals surface area contributed by atoms with E-state index in [2.05, 4.69) is 18.0 Å². The smallest absolute Gasteiger partial charge is 0.306 e. The van der Waals surface area contributed by atoms with Gasteiger partial charge in [-0.1, -0.05) is 25.5 Å². The van der Waals surface area contributed by atoms with E-state index in [0.717, 1.165) is 66.4 Å². The van der Waals surface area contributed by atoms with Crippen LogP contribution in [0.3, 0.4) is 0 Å². The number of likely N-dealkylation sites (tertiary alicyclic amines) is 1. The zero-order valence-electron chi connectivity index (χ0n) is 18.4. The van der Waals surface area contributed by atoms with E-state index in [0.29, 0.717) is 6.42 Å². The zero-order valence-corrected chi connectivity index (χ0v) is 18.4. The van der Waals surface area contributed by atoms with Crippen LogP contribution in [0.5, 0.6) is 0 Å². The standard InChI is InChI=1S/C26H30N2O4/c1-16(20-15-27-21-9-2-7-19(25(20)21)23-11-5-13-32-23)14-24(29)28-12-4-8-17-18(26(30)31)6-3-10-22(17)28/h2,5,7,9,11,13,15-18,22,27H,3-4,6,8,10,12,14H2,1H3,(H,30,31). The summed E-state index contributed by atoms with van der Waals surface area (Å²) in [6, 6.07) is 10.0. The number of fused-ring (bicyclic) bond motifs is 2. The number of H-pyrrole nitrogens is 1. The summed E-state index contributed by atoms with van der Waals surface area (Å²) >= 11 is 0. The van der Waals surface area contributed by atoms with Crippen LogP contribution in [0, 0.1) is 11.8 Å². The van der Waals surface area contributed by atoms with Gasteiger partial charge in [-0.3, -0.25) is 9.59 Å². The normalized spacial score (nSPS) is 24.3. The zero-order chi connectivity index (χ0) is 22.2. The molecular weight excluding hydrogens is 404 g/mol. The lowest BCUT2D eigenvalue weighted by atomic mass is 9.71. The Morgan fingerprint density at radius 1 is 1.19 bits per heavy atom. The monoisotopic (exact) mass is 434 g/mol. The highest BCUT2D eigenvalue weighted by atomic mass is 16.4. The van der Waals surface area contributed by atoms with Crippen LogP contribution in [0.25, 0.3) is 22.2 Å². The lowest BCUT2D eigenvalue weighted by Crippen LogP contribution is -2.53. The first kappa shape index (κ1) is 20.9. The molecule has 1 saturated heterocycles. The maximum atomic E-state index is 13.4. The minimum absolute atomic E-state index is 0.0339. The maximum absolute atomic E-state index is 13.4. The van der Waals surface area contributed by atoms with Crippen LogP contribution in [-0.2, 0) is 9.59 Å². The van der Waals surface area contributed by atoms with E-state index < -0.39 is 5.97 Å². The number of furan rings is 1. The Morgan fingerprint density at radius 2 is 2.06 bits per heavy atom. The molecule has 0 radical (unpaired) electrons. The van der Waals surface area contributed by atoms with Crippen molar-refractivity contribution in [1.29, 1.82) is 0 Å². The summed E-state index contributed by atoms with van der Waals surface area (Å²) in [6.45, 7) is 2.84. The van der Waals surface area contributed by atoms with Gasteiger partial charge in [-0.15, -0.1) is 0 Å². The molecule has 2 N–H and O–H groups in total. The summed E-state index contributed by atoms with van der Waals surface area (Å²) in [4.78, 5) is 30.6. The summed E-state index contributed by atoms with van der Waals surface area (Å²) in [7, 11) is 0. The van der Waals surface area contributed by atoms with Crippen LogP contribution >= 0.6 is 0 Å². The first-order chi connectivity index (χ1) is 15.5. The highest BCUT2D eigenvalue weighted by Crippen LogP contribution is 2.41. The second kappa shape index (κ2) is 8.49. The van der Waals surface area contributed by atoms with Crippen molar-refractivity contribution in [2.24, 2.45) is 11.8 Å². The number of hydrogen-bond donors (Lipinski definition) is 2. The predicted octanol–water partition coefficient (Wildman–Crippen LogP) is 5.41. The number of nitrogens with one attached hydrogen (secondary N) is 1. The number of carboxylic acids is 1. The molecule has 1 aliphatic carbocycles. The highest BCUT2D eigenvalue weighted by Gasteiger charge is 2.43. The minimum atomic E-state index is -0.702. The fraction of sp³-hybridized carbons (Fsp3) is 0.462. The molecule has 6 nitrogen and oxygen atoms in total. The molecule has 1 amide bonds. The average Bonchev–Trinajstić information content (AvgIpc) is 3.48. The third-order valence-corrected chi connectivity index (χ3v) is 7.54. The number of aromatic amines is 1. The van der Waals surface area contributed by atoms with Crippen LogP contribution in [0.4, 0.5) is 0 Å². The van der Waals surface area contributed by atoms with Crippen molar-refractivity contribution in [1.82, 2.24) is 9.88 Å². The van der Waals surface area contributed by atoms with E-state index >= 15 is 0 Å². The number of carboxylic acid groups (broad SMARTS) is 1. The highest BCUT2D eigenvalue weighted by molar-refractivity contribution is 5.97. The summed E-state index contributed by atoms with van der Waals surface area (Å²) in [5.74, 6) is 0.0659. The molecule has 0 bridgehead atoms. The number of aromatic nitrogens is 1. The van der Waals surface area contributed by atoms with E-state index in [1.807, 2.05) is 35.4 Å². The van der Waals surface area contributed by atoms with E-state index in [1.165, 1.54) is 0 Å². The first-order valence-corrected chi connectivity index (χ1v) is 11.7. The molecule has 0 spiro atoms. The van der Waals surface area contributed by atoms with Crippen LogP contribution in [-0.4, -0.2) is 39.5 Å². The van der Waals surface area contributed by atoms with Crippen LogP contribution in [0.2, 0.25) is 0 Å². The van der Waals surface area contributed by atoms with Crippen molar-refractivity contribution in [3.63, 3.8) is 0 Å². The molecule has 168 valence electrons. The summed E-state index contributed by atoms with van der Waals surface area (Å²) in [5.41, 5.74) is 3.17. The van der Waals surface area contributed by atoms with Crippen molar-refractivity contribution in [3.05, 3.63) is 48.4 Å².